The smallest absolute Gasteiger partial charge is 0.318 e. The summed E-state index contributed by atoms with van der Waals surface area (Å²) in [6.07, 6.45) is 2.18. The number of carbonyl (C=O) groups excluding carboxylic acids is 1. The van der Waals surface area contributed by atoms with Crippen molar-refractivity contribution in [3.05, 3.63) is 30.1 Å². The molecule has 5 heteroatoms. The first-order valence-corrected chi connectivity index (χ1v) is 6.80. The number of hydrogen-bond donors (Lipinski definition) is 1. The van der Waals surface area contributed by atoms with Gasteiger partial charge in [-0.2, -0.15) is 0 Å². The molecule has 3 rings (SSSR count). The van der Waals surface area contributed by atoms with E-state index in [2.05, 4.69) is 5.32 Å². The molecule has 1 N–H and O–H groups in total. The average molecular weight is 263 g/mol. The van der Waals surface area contributed by atoms with Crippen LogP contribution in [0.2, 0.25) is 0 Å². The predicted molar refractivity (Wildman–Crippen MR) is 71.7 cm³/mol. The highest BCUT2D eigenvalue weighted by atomic mass is 19.1. The van der Waals surface area contributed by atoms with Crippen molar-refractivity contribution in [2.75, 3.05) is 31.1 Å². The van der Waals surface area contributed by atoms with E-state index in [-0.39, 0.29) is 11.8 Å². The number of rotatable bonds is 2. The van der Waals surface area contributed by atoms with Crippen LogP contribution in [0.5, 0.6) is 0 Å². The van der Waals surface area contributed by atoms with Crippen molar-refractivity contribution in [1.82, 2.24) is 10.2 Å². The molecule has 0 aromatic heterocycles. The molecule has 0 spiro atoms. The summed E-state index contributed by atoms with van der Waals surface area (Å²) in [5.41, 5.74) is 0.776. The molecule has 2 fully saturated rings. The molecule has 0 aliphatic carbocycles. The van der Waals surface area contributed by atoms with E-state index in [1.54, 1.807) is 17.0 Å². The van der Waals surface area contributed by atoms with Gasteiger partial charge in [0.2, 0.25) is 0 Å². The Balaban J connectivity index is 1.72. The van der Waals surface area contributed by atoms with Crippen LogP contribution in [-0.2, 0) is 0 Å². The van der Waals surface area contributed by atoms with Gasteiger partial charge in [0, 0.05) is 31.4 Å². The lowest BCUT2D eigenvalue weighted by Crippen LogP contribution is -2.47. The Morgan fingerprint density at radius 2 is 2.00 bits per heavy atom. The number of urea groups is 1. The quantitative estimate of drug-likeness (QED) is 0.883. The Morgan fingerprint density at radius 3 is 2.68 bits per heavy atom. The summed E-state index contributed by atoms with van der Waals surface area (Å²) < 4.78 is 12.9. The van der Waals surface area contributed by atoms with Gasteiger partial charge < -0.3 is 10.2 Å². The first kappa shape index (κ1) is 12.4. The largest absolute Gasteiger partial charge is 0.324 e. The summed E-state index contributed by atoms with van der Waals surface area (Å²) in [5.74, 6) is -0.274. The Kier molecular flexibility index (Phi) is 3.38. The van der Waals surface area contributed by atoms with Crippen LogP contribution >= 0.6 is 0 Å². The number of carbonyl (C=O) groups is 1. The molecule has 1 atom stereocenters. The number of benzene rings is 1. The summed E-state index contributed by atoms with van der Waals surface area (Å²) >= 11 is 0. The van der Waals surface area contributed by atoms with Gasteiger partial charge in [0.15, 0.2) is 0 Å². The van der Waals surface area contributed by atoms with Crippen molar-refractivity contribution >= 4 is 11.7 Å². The number of hydrogen-bond acceptors (Lipinski definition) is 2. The zero-order valence-corrected chi connectivity index (χ0v) is 10.8. The minimum Gasteiger partial charge on any atom is -0.318 e. The van der Waals surface area contributed by atoms with Gasteiger partial charge >= 0.3 is 6.03 Å². The second-order valence-corrected chi connectivity index (χ2v) is 5.10. The van der Waals surface area contributed by atoms with Gasteiger partial charge in [0.1, 0.15) is 5.82 Å². The first-order valence-electron chi connectivity index (χ1n) is 6.80. The van der Waals surface area contributed by atoms with E-state index < -0.39 is 0 Å². The van der Waals surface area contributed by atoms with Crippen LogP contribution in [0.25, 0.3) is 0 Å². The molecule has 102 valence electrons. The lowest BCUT2D eigenvalue weighted by molar-refractivity contribution is 0.187. The van der Waals surface area contributed by atoms with Gasteiger partial charge in [-0.1, -0.05) is 0 Å². The van der Waals surface area contributed by atoms with Crippen LogP contribution in [0.15, 0.2) is 24.3 Å². The minimum absolute atomic E-state index is 0.0420. The van der Waals surface area contributed by atoms with E-state index in [1.807, 2.05) is 4.90 Å². The molecule has 1 unspecified atom stereocenters. The standard InChI is InChI=1S/C14H18FN3O/c15-11-3-5-12(6-4-11)17-8-9-18(14(17)19)13-2-1-7-16-10-13/h3-6,13,16H,1-2,7-10H2. The number of piperidine rings is 1. The number of halogens is 1. The summed E-state index contributed by atoms with van der Waals surface area (Å²) in [6.45, 7) is 3.35. The van der Waals surface area contributed by atoms with Crippen LogP contribution in [-0.4, -0.2) is 43.2 Å². The van der Waals surface area contributed by atoms with E-state index in [1.165, 1.54) is 12.1 Å². The maximum atomic E-state index is 12.9. The minimum atomic E-state index is -0.274. The first-order chi connectivity index (χ1) is 9.25. The van der Waals surface area contributed by atoms with Crippen LogP contribution < -0.4 is 10.2 Å². The molecule has 2 saturated heterocycles. The molecule has 1 aromatic rings. The summed E-state index contributed by atoms with van der Waals surface area (Å²) in [5, 5.41) is 3.33. The summed E-state index contributed by atoms with van der Waals surface area (Å²) in [4.78, 5) is 16.1. The maximum absolute atomic E-state index is 12.9. The highest BCUT2D eigenvalue weighted by molar-refractivity contribution is 5.94. The summed E-state index contributed by atoms with van der Waals surface area (Å²) in [6, 6.07) is 6.46. The third-order valence-electron chi connectivity index (χ3n) is 3.89. The van der Waals surface area contributed by atoms with E-state index in [9.17, 15) is 9.18 Å². The van der Waals surface area contributed by atoms with Crippen LogP contribution in [0.3, 0.4) is 0 Å². The lowest BCUT2D eigenvalue weighted by Gasteiger charge is -2.31. The molecule has 2 heterocycles. The van der Waals surface area contributed by atoms with Crippen molar-refractivity contribution in [3.8, 4) is 0 Å². The van der Waals surface area contributed by atoms with Gasteiger partial charge in [-0.3, -0.25) is 4.90 Å². The summed E-state index contributed by atoms with van der Waals surface area (Å²) in [7, 11) is 0. The lowest BCUT2D eigenvalue weighted by atomic mass is 10.1. The van der Waals surface area contributed by atoms with Crippen molar-refractivity contribution in [1.29, 1.82) is 0 Å². The Morgan fingerprint density at radius 1 is 1.21 bits per heavy atom. The molecule has 0 radical (unpaired) electrons. The van der Waals surface area contributed by atoms with E-state index in [0.29, 0.717) is 12.6 Å². The highest BCUT2D eigenvalue weighted by Crippen LogP contribution is 2.23. The fourth-order valence-corrected chi connectivity index (χ4v) is 2.85. The van der Waals surface area contributed by atoms with Crippen molar-refractivity contribution in [3.63, 3.8) is 0 Å². The normalized spacial score (nSPS) is 24.1. The van der Waals surface area contributed by atoms with Gasteiger partial charge in [-0.05, 0) is 43.7 Å². The Bertz CT molecular complexity index is 456. The molecule has 0 bridgehead atoms. The third-order valence-corrected chi connectivity index (χ3v) is 3.89. The van der Waals surface area contributed by atoms with Gasteiger partial charge in [0.05, 0.1) is 0 Å². The average Bonchev–Trinajstić information content (AvgIpc) is 2.83. The topological polar surface area (TPSA) is 35.6 Å². The maximum Gasteiger partial charge on any atom is 0.324 e. The molecular formula is C14H18FN3O. The van der Waals surface area contributed by atoms with E-state index in [0.717, 1.165) is 38.2 Å². The van der Waals surface area contributed by atoms with Crippen LogP contribution in [0, 0.1) is 5.82 Å². The van der Waals surface area contributed by atoms with Gasteiger partial charge in [-0.25, -0.2) is 9.18 Å². The Labute approximate surface area is 112 Å². The fourth-order valence-electron chi connectivity index (χ4n) is 2.85. The molecule has 2 aliphatic rings. The van der Waals surface area contributed by atoms with Gasteiger partial charge in [0.25, 0.3) is 0 Å². The van der Waals surface area contributed by atoms with E-state index >= 15 is 0 Å². The molecule has 4 nitrogen and oxygen atoms in total. The molecule has 1 aromatic carbocycles. The SMILES string of the molecule is O=C1N(c2ccc(F)cc2)CCN1C1CCCNC1. The zero-order valence-electron chi connectivity index (χ0n) is 10.8. The van der Waals surface area contributed by atoms with Crippen molar-refractivity contribution in [2.24, 2.45) is 0 Å². The Hall–Kier alpha value is -1.62. The number of nitrogens with zero attached hydrogens (tertiary/aromatic N) is 2. The molecule has 19 heavy (non-hydrogen) atoms. The molecular weight excluding hydrogens is 245 g/mol. The molecule has 2 amide bonds. The monoisotopic (exact) mass is 263 g/mol. The fraction of sp³-hybridized carbons (Fsp3) is 0.500. The number of amides is 2. The van der Waals surface area contributed by atoms with Crippen LogP contribution in [0.1, 0.15) is 12.8 Å². The van der Waals surface area contributed by atoms with Gasteiger partial charge in [-0.15, -0.1) is 0 Å². The second-order valence-electron chi connectivity index (χ2n) is 5.10. The molecule has 0 saturated carbocycles. The predicted octanol–water partition coefficient (Wildman–Crippen LogP) is 1.82. The molecule has 2 aliphatic heterocycles. The van der Waals surface area contributed by atoms with Crippen molar-refractivity contribution in [2.45, 2.75) is 18.9 Å². The van der Waals surface area contributed by atoms with Crippen molar-refractivity contribution < 1.29 is 9.18 Å². The number of anilines is 1. The second kappa shape index (κ2) is 5.17. The highest BCUT2D eigenvalue weighted by Gasteiger charge is 2.34. The number of nitrogens with one attached hydrogen (secondary N) is 1. The van der Waals surface area contributed by atoms with E-state index in [4.69, 9.17) is 0 Å². The van der Waals surface area contributed by atoms with Crippen LogP contribution in [0.4, 0.5) is 14.9 Å². The third kappa shape index (κ3) is 2.42. The zero-order chi connectivity index (χ0) is 13.2.